The summed E-state index contributed by atoms with van der Waals surface area (Å²) in [5.41, 5.74) is 0. The molecule has 1 fully saturated rings. The predicted molar refractivity (Wildman–Crippen MR) is 91.2 cm³/mol. The summed E-state index contributed by atoms with van der Waals surface area (Å²) in [5, 5.41) is 9.19. The van der Waals surface area contributed by atoms with Crippen molar-refractivity contribution in [2.75, 3.05) is 6.61 Å². The molecule has 1 N–H and O–H groups in total. The average molecular weight is 324 g/mol. The Morgan fingerprint density at radius 2 is 1.65 bits per heavy atom. The van der Waals surface area contributed by atoms with Crippen molar-refractivity contribution in [2.45, 2.75) is 77.6 Å². The van der Waals surface area contributed by atoms with Crippen LogP contribution in [0.15, 0.2) is 12.2 Å². The lowest BCUT2D eigenvalue weighted by atomic mass is 9.79. The Hall–Kier alpha value is -1.32. The second-order valence-electron chi connectivity index (χ2n) is 6.47. The molecule has 0 radical (unpaired) electrons. The molecular formula is C19H32O4. The van der Waals surface area contributed by atoms with Gasteiger partial charge >= 0.3 is 11.9 Å². The van der Waals surface area contributed by atoms with Gasteiger partial charge in [0.05, 0.1) is 18.4 Å². The van der Waals surface area contributed by atoms with Gasteiger partial charge in [0, 0.05) is 0 Å². The largest absolute Gasteiger partial charge is 0.481 e. The fourth-order valence-corrected chi connectivity index (χ4v) is 3.11. The summed E-state index contributed by atoms with van der Waals surface area (Å²) in [7, 11) is 0. The highest BCUT2D eigenvalue weighted by Gasteiger charge is 2.36. The van der Waals surface area contributed by atoms with Crippen LogP contribution in [0.3, 0.4) is 0 Å². The van der Waals surface area contributed by atoms with Crippen LogP contribution in [0.25, 0.3) is 0 Å². The van der Waals surface area contributed by atoms with Gasteiger partial charge in [0.2, 0.25) is 0 Å². The molecule has 1 rings (SSSR count). The maximum Gasteiger partial charge on any atom is 0.309 e. The molecule has 4 nitrogen and oxygen atoms in total. The summed E-state index contributed by atoms with van der Waals surface area (Å²) in [6.07, 6.45) is 15.4. The number of aliphatic carboxylic acids is 1. The molecular weight excluding hydrogens is 292 g/mol. The zero-order chi connectivity index (χ0) is 16.9. The lowest BCUT2D eigenvalue weighted by Crippen LogP contribution is -2.33. The number of carboxylic acid groups (broad SMARTS) is 1. The third kappa shape index (κ3) is 8.19. The summed E-state index contributed by atoms with van der Waals surface area (Å²) >= 11 is 0. The van der Waals surface area contributed by atoms with E-state index < -0.39 is 17.8 Å². The van der Waals surface area contributed by atoms with Crippen molar-refractivity contribution in [2.24, 2.45) is 11.8 Å². The highest BCUT2D eigenvalue weighted by molar-refractivity contribution is 5.81. The normalized spacial score (nSPS) is 21.4. The van der Waals surface area contributed by atoms with Crippen LogP contribution in [0.1, 0.15) is 77.6 Å². The SMILES string of the molecule is CCCCCC/C=C/CCCOC(=O)C1CCCCC1C(=O)O. The lowest BCUT2D eigenvalue weighted by Gasteiger charge is -2.26. The van der Waals surface area contributed by atoms with Crippen molar-refractivity contribution < 1.29 is 19.4 Å². The number of carbonyl (C=O) groups is 2. The monoisotopic (exact) mass is 324 g/mol. The zero-order valence-corrected chi connectivity index (χ0v) is 14.5. The molecule has 0 spiro atoms. The van der Waals surface area contributed by atoms with Crippen LogP contribution in [-0.2, 0) is 14.3 Å². The molecule has 1 aliphatic rings. The minimum atomic E-state index is -0.863. The van der Waals surface area contributed by atoms with Crippen LogP contribution in [0.4, 0.5) is 0 Å². The highest BCUT2D eigenvalue weighted by atomic mass is 16.5. The topological polar surface area (TPSA) is 63.6 Å². The first-order chi connectivity index (χ1) is 11.2. The van der Waals surface area contributed by atoms with Crippen LogP contribution in [0, 0.1) is 11.8 Å². The van der Waals surface area contributed by atoms with E-state index in [1.165, 1.54) is 25.7 Å². The Kier molecular flexibility index (Phi) is 10.4. The molecule has 2 unspecified atom stereocenters. The first kappa shape index (κ1) is 19.7. The molecule has 132 valence electrons. The van der Waals surface area contributed by atoms with Gasteiger partial charge in [-0.25, -0.2) is 0 Å². The second kappa shape index (κ2) is 12.1. The first-order valence-corrected chi connectivity index (χ1v) is 9.21. The van der Waals surface area contributed by atoms with Crippen molar-refractivity contribution in [1.82, 2.24) is 0 Å². The van der Waals surface area contributed by atoms with Crippen LogP contribution < -0.4 is 0 Å². The van der Waals surface area contributed by atoms with E-state index in [1.807, 2.05) is 0 Å². The molecule has 0 aromatic heterocycles. The van der Waals surface area contributed by atoms with Crippen LogP contribution in [0.5, 0.6) is 0 Å². The third-order valence-electron chi connectivity index (χ3n) is 4.54. The summed E-state index contributed by atoms with van der Waals surface area (Å²) in [4.78, 5) is 23.2. The smallest absolute Gasteiger partial charge is 0.309 e. The Balaban J connectivity index is 2.11. The van der Waals surface area contributed by atoms with Gasteiger partial charge < -0.3 is 9.84 Å². The van der Waals surface area contributed by atoms with Crippen molar-refractivity contribution in [1.29, 1.82) is 0 Å². The average Bonchev–Trinajstić information content (AvgIpc) is 2.56. The summed E-state index contributed by atoms with van der Waals surface area (Å²) in [5.74, 6) is -2.19. The number of allylic oxidation sites excluding steroid dienone is 2. The molecule has 0 amide bonds. The minimum Gasteiger partial charge on any atom is -0.481 e. The number of hydrogen-bond acceptors (Lipinski definition) is 3. The molecule has 0 aliphatic heterocycles. The lowest BCUT2D eigenvalue weighted by molar-refractivity contribution is -0.159. The number of esters is 1. The third-order valence-corrected chi connectivity index (χ3v) is 4.54. The zero-order valence-electron chi connectivity index (χ0n) is 14.5. The standard InChI is InChI=1S/C19H32O4/c1-2-3-4-5-6-7-8-9-12-15-23-19(22)17-14-11-10-13-16(17)18(20)21/h7-8,16-17H,2-6,9-15H2,1H3,(H,20,21)/b8-7+. The van der Waals surface area contributed by atoms with E-state index in [4.69, 9.17) is 4.74 Å². The molecule has 0 bridgehead atoms. The van der Waals surface area contributed by atoms with Gasteiger partial charge in [-0.1, -0.05) is 51.2 Å². The number of hydrogen-bond donors (Lipinski definition) is 1. The summed E-state index contributed by atoms with van der Waals surface area (Å²) in [6.45, 7) is 2.60. The van der Waals surface area contributed by atoms with Crippen molar-refractivity contribution >= 4 is 11.9 Å². The van der Waals surface area contributed by atoms with Gasteiger partial charge in [-0.2, -0.15) is 0 Å². The molecule has 23 heavy (non-hydrogen) atoms. The van der Waals surface area contributed by atoms with E-state index >= 15 is 0 Å². The molecule has 0 heterocycles. The van der Waals surface area contributed by atoms with E-state index in [2.05, 4.69) is 19.1 Å². The maximum absolute atomic E-state index is 12.0. The fraction of sp³-hybridized carbons (Fsp3) is 0.789. The molecule has 0 saturated heterocycles. The molecule has 0 aromatic carbocycles. The van der Waals surface area contributed by atoms with E-state index in [0.717, 1.165) is 32.1 Å². The second-order valence-corrected chi connectivity index (χ2v) is 6.47. The van der Waals surface area contributed by atoms with Gasteiger partial charge in [0.25, 0.3) is 0 Å². The number of carbonyl (C=O) groups excluding carboxylic acids is 1. The minimum absolute atomic E-state index is 0.319. The van der Waals surface area contributed by atoms with E-state index in [1.54, 1.807) is 0 Å². The highest BCUT2D eigenvalue weighted by Crippen LogP contribution is 2.31. The van der Waals surface area contributed by atoms with E-state index in [-0.39, 0.29) is 5.97 Å². The van der Waals surface area contributed by atoms with Crippen molar-refractivity contribution in [3.63, 3.8) is 0 Å². The summed E-state index contributed by atoms with van der Waals surface area (Å²) in [6, 6.07) is 0. The molecule has 1 saturated carbocycles. The van der Waals surface area contributed by atoms with E-state index in [0.29, 0.717) is 19.4 Å². The number of carboxylic acids is 1. The Morgan fingerprint density at radius 3 is 2.30 bits per heavy atom. The van der Waals surface area contributed by atoms with Crippen LogP contribution >= 0.6 is 0 Å². The number of rotatable bonds is 11. The van der Waals surface area contributed by atoms with Gasteiger partial charge in [-0.05, 0) is 38.5 Å². The predicted octanol–water partition coefficient (Wildman–Crippen LogP) is 4.73. The van der Waals surface area contributed by atoms with Gasteiger partial charge in [0.15, 0.2) is 0 Å². The molecule has 4 heteroatoms. The van der Waals surface area contributed by atoms with Crippen LogP contribution in [0.2, 0.25) is 0 Å². The maximum atomic E-state index is 12.0. The van der Waals surface area contributed by atoms with Gasteiger partial charge in [-0.3, -0.25) is 9.59 Å². The fourth-order valence-electron chi connectivity index (χ4n) is 3.11. The van der Waals surface area contributed by atoms with Gasteiger partial charge in [-0.15, -0.1) is 0 Å². The van der Waals surface area contributed by atoms with Gasteiger partial charge in [0.1, 0.15) is 0 Å². The Labute approximate surface area is 140 Å². The summed E-state index contributed by atoms with van der Waals surface area (Å²) < 4.78 is 5.29. The Bertz CT molecular complexity index is 376. The Morgan fingerprint density at radius 1 is 1.00 bits per heavy atom. The quantitative estimate of drug-likeness (QED) is 0.339. The van der Waals surface area contributed by atoms with Crippen molar-refractivity contribution in [3.05, 3.63) is 12.2 Å². The van der Waals surface area contributed by atoms with E-state index in [9.17, 15) is 14.7 Å². The first-order valence-electron chi connectivity index (χ1n) is 9.21. The molecule has 1 aliphatic carbocycles. The number of ether oxygens (including phenoxy) is 1. The van der Waals surface area contributed by atoms with Crippen molar-refractivity contribution in [3.8, 4) is 0 Å². The number of unbranched alkanes of at least 4 members (excludes halogenated alkanes) is 5. The molecule has 2 atom stereocenters. The molecule has 0 aromatic rings. The van der Waals surface area contributed by atoms with Crippen LogP contribution in [-0.4, -0.2) is 23.7 Å².